The molecule has 0 aliphatic heterocycles. The zero-order valence-electron chi connectivity index (χ0n) is 12.7. The van der Waals surface area contributed by atoms with Crippen LogP contribution >= 0.6 is 11.3 Å². The van der Waals surface area contributed by atoms with E-state index in [9.17, 15) is 5.11 Å². The highest BCUT2D eigenvalue weighted by molar-refractivity contribution is 7.10. The summed E-state index contributed by atoms with van der Waals surface area (Å²) < 4.78 is 11.5. The van der Waals surface area contributed by atoms with E-state index in [0.29, 0.717) is 24.3 Å². The van der Waals surface area contributed by atoms with E-state index >= 15 is 0 Å². The number of ether oxygens (including phenoxy) is 1. The molecule has 5 heteroatoms. The van der Waals surface area contributed by atoms with Gasteiger partial charge in [-0.05, 0) is 37.7 Å². The van der Waals surface area contributed by atoms with Gasteiger partial charge in [-0.1, -0.05) is 18.2 Å². The van der Waals surface area contributed by atoms with Crippen molar-refractivity contribution in [3.05, 3.63) is 52.9 Å². The van der Waals surface area contributed by atoms with Crippen molar-refractivity contribution >= 4 is 22.3 Å². The molecule has 0 bridgehead atoms. The molecule has 0 saturated carbocycles. The number of rotatable bonds is 6. The van der Waals surface area contributed by atoms with Crippen LogP contribution in [-0.4, -0.2) is 30.6 Å². The van der Waals surface area contributed by atoms with Crippen LogP contribution in [0.5, 0.6) is 5.75 Å². The smallest absolute Gasteiger partial charge is 0.245 e. The van der Waals surface area contributed by atoms with E-state index in [2.05, 4.69) is 0 Å². The average molecular weight is 317 g/mol. The molecule has 0 aliphatic carbocycles. The van der Waals surface area contributed by atoms with Crippen molar-refractivity contribution in [1.29, 1.82) is 0 Å². The summed E-state index contributed by atoms with van der Waals surface area (Å²) >= 11 is 1.48. The van der Waals surface area contributed by atoms with E-state index in [0.717, 1.165) is 10.3 Å². The van der Waals surface area contributed by atoms with Crippen LogP contribution in [0.4, 0.5) is 0 Å². The summed E-state index contributed by atoms with van der Waals surface area (Å²) in [6.45, 7) is 0.711. The summed E-state index contributed by atoms with van der Waals surface area (Å²) in [5.74, 6) is -0.809. The van der Waals surface area contributed by atoms with Crippen LogP contribution in [0.15, 0.2) is 52.5 Å². The lowest BCUT2D eigenvalue weighted by molar-refractivity contribution is -0.150. The third-order valence-corrected chi connectivity index (χ3v) is 4.53. The fraction of sp³-hybridized carbons (Fsp3) is 0.294. The number of furan rings is 1. The number of aliphatic hydroxyl groups is 1. The number of fused-ring (bicyclic) bond motifs is 1. The molecule has 1 aromatic carbocycles. The fourth-order valence-corrected chi connectivity index (χ4v) is 3.12. The molecule has 1 atom stereocenters. The van der Waals surface area contributed by atoms with Gasteiger partial charge in [0.15, 0.2) is 11.3 Å². The van der Waals surface area contributed by atoms with Crippen molar-refractivity contribution in [2.24, 2.45) is 0 Å². The Balaban J connectivity index is 1.94. The molecule has 116 valence electrons. The van der Waals surface area contributed by atoms with Gasteiger partial charge in [-0.2, -0.15) is 0 Å². The first kappa shape index (κ1) is 15.1. The second kappa shape index (κ2) is 6.12. The Hall–Kier alpha value is -1.82. The maximum atomic E-state index is 11.1. The lowest BCUT2D eigenvalue weighted by Gasteiger charge is -2.29. The number of hydrogen-bond acceptors (Lipinski definition) is 5. The Bertz CT molecular complexity index is 735. The maximum Gasteiger partial charge on any atom is 0.245 e. The molecule has 1 unspecified atom stereocenters. The van der Waals surface area contributed by atoms with Crippen molar-refractivity contribution in [2.75, 3.05) is 20.6 Å². The predicted octanol–water partition coefficient (Wildman–Crippen LogP) is 3.67. The van der Waals surface area contributed by atoms with Gasteiger partial charge in [0, 0.05) is 18.4 Å². The molecular formula is C17H19NO3S. The lowest BCUT2D eigenvalue weighted by atomic mass is 10.1. The SMILES string of the molecule is CN(C)CCC(O)(Oc1cccc2ccoc12)c1cccs1. The minimum Gasteiger partial charge on any atom is -0.460 e. The largest absolute Gasteiger partial charge is 0.460 e. The third kappa shape index (κ3) is 3.02. The Morgan fingerprint density at radius 3 is 2.82 bits per heavy atom. The van der Waals surface area contributed by atoms with E-state index in [1.165, 1.54) is 11.3 Å². The van der Waals surface area contributed by atoms with Crippen molar-refractivity contribution < 1.29 is 14.3 Å². The molecule has 1 N–H and O–H groups in total. The van der Waals surface area contributed by atoms with Gasteiger partial charge < -0.3 is 19.2 Å². The van der Waals surface area contributed by atoms with Crippen LogP contribution in [0.1, 0.15) is 11.3 Å². The number of benzene rings is 1. The summed E-state index contributed by atoms with van der Waals surface area (Å²) in [5.41, 5.74) is 0.655. The standard InChI is InChI=1S/C17H19NO3S/c1-18(2)10-9-17(19,15-7-4-12-22-15)21-14-6-3-5-13-8-11-20-16(13)14/h3-8,11-12,19H,9-10H2,1-2H3. The third-order valence-electron chi connectivity index (χ3n) is 3.53. The van der Waals surface area contributed by atoms with E-state index in [1.807, 2.05) is 60.8 Å². The van der Waals surface area contributed by atoms with Gasteiger partial charge in [-0.3, -0.25) is 0 Å². The molecule has 22 heavy (non-hydrogen) atoms. The Kier molecular flexibility index (Phi) is 4.20. The number of thiophene rings is 1. The topological polar surface area (TPSA) is 45.8 Å². The summed E-state index contributed by atoms with van der Waals surface area (Å²) in [7, 11) is 3.95. The first-order valence-corrected chi connectivity index (χ1v) is 8.03. The molecule has 3 aromatic rings. The predicted molar refractivity (Wildman–Crippen MR) is 88.2 cm³/mol. The molecule has 0 radical (unpaired) electrons. The van der Waals surface area contributed by atoms with Gasteiger partial charge in [-0.15, -0.1) is 11.3 Å². The highest BCUT2D eigenvalue weighted by Gasteiger charge is 2.33. The van der Waals surface area contributed by atoms with Crippen LogP contribution < -0.4 is 4.74 Å². The van der Waals surface area contributed by atoms with Crippen molar-refractivity contribution in [3.63, 3.8) is 0 Å². The molecule has 3 rings (SSSR count). The van der Waals surface area contributed by atoms with E-state index in [1.54, 1.807) is 6.26 Å². The van der Waals surface area contributed by atoms with Crippen molar-refractivity contribution in [3.8, 4) is 5.75 Å². The van der Waals surface area contributed by atoms with Crippen LogP contribution in [0.25, 0.3) is 11.0 Å². The molecule has 0 spiro atoms. The lowest BCUT2D eigenvalue weighted by Crippen LogP contribution is -2.35. The van der Waals surface area contributed by atoms with Crippen molar-refractivity contribution in [1.82, 2.24) is 4.90 Å². The average Bonchev–Trinajstić information content (AvgIpc) is 3.17. The van der Waals surface area contributed by atoms with Crippen LogP contribution in [0.2, 0.25) is 0 Å². The Morgan fingerprint density at radius 2 is 2.09 bits per heavy atom. The van der Waals surface area contributed by atoms with Gasteiger partial charge in [-0.25, -0.2) is 0 Å². The highest BCUT2D eigenvalue weighted by Crippen LogP contribution is 2.36. The first-order valence-electron chi connectivity index (χ1n) is 7.15. The molecule has 2 heterocycles. The molecule has 0 fully saturated rings. The van der Waals surface area contributed by atoms with Crippen molar-refractivity contribution in [2.45, 2.75) is 12.2 Å². The van der Waals surface area contributed by atoms with Gasteiger partial charge in [0.2, 0.25) is 5.79 Å². The second-order valence-corrected chi connectivity index (χ2v) is 6.46. The summed E-state index contributed by atoms with van der Waals surface area (Å²) in [4.78, 5) is 2.81. The molecule has 4 nitrogen and oxygen atoms in total. The molecular weight excluding hydrogens is 298 g/mol. The summed E-state index contributed by atoms with van der Waals surface area (Å²) in [5, 5.41) is 14.0. The minimum absolute atomic E-state index is 0.470. The zero-order chi connectivity index (χ0) is 15.6. The molecule has 0 amide bonds. The van der Waals surface area contributed by atoms with Crippen LogP contribution in [0.3, 0.4) is 0 Å². The second-order valence-electron chi connectivity index (χ2n) is 5.51. The summed E-state index contributed by atoms with van der Waals surface area (Å²) in [6.07, 6.45) is 2.10. The van der Waals surface area contributed by atoms with Gasteiger partial charge in [0.25, 0.3) is 0 Å². The quantitative estimate of drug-likeness (QED) is 0.705. The van der Waals surface area contributed by atoms with E-state index in [-0.39, 0.29) is 0 Å². The number of para-hydroxylation sites is 1. The van der Waals surface area contributed by atoms with Crippen LogP contribution in [0, 0.1) is 0 Å². The highest BCUT2D eigenvalue weighted by atomic mass is 32.1. The van der Waals surface area contributed by atoms with Gasteiger partial charge in [0.05, 0.1) is 11.1 Å². The fourth-order valence-electron chi connectivity index (χ4n) is 2.33. The van der Waals surface area contributed by atoms with Gasteiger partial charge >= 0.3 is 0 Å². The van der Waals surface area contributed by atoms with E-state index < -0.39 is 5.79 Å². The Labute approximate surface area is 133 Å². The monoisotopic (exact) mass is 317 g/mol. The number of nitrogens with zero attached hydrogens (tertiary/aromatic N) is 1. The van der Waals surface area contributed by atoms with E-state index in [4.69, 9.17) is 9.15 Å². The number of hydrogen-bond donors (Lipinski definition) is 1. The maximum absolute atomic E-state index is 11.1. The minimum atomic E-state index is -1.36. The van der Waals surface area contributed by atoms with Crippen LogP contribution in [-0.2, 0) is 5.79 Å². The molecule has 0 aliphatic rings. The normalized spacial score (nSPS) is 14.4. The Morgan fingerprint density at radius 1 is 1.23 bits per heavy atom. The summed E-state index contributed by atoms with van der Waals surface area (Å²) in [6, 6.07) is 11.4. The zero-order valence-corrected chi connectivity index (χ0v) is 13.5. The molecule has 0 saturated heterocycles. The molecule has 2 aromatic heterocycles. The van der Waals surface area contributed by atoms with Gasteiger partial charge in [0.1, 0.15) is 0 Å². The first-order chi connectivity index (χ1) is 10.6.